The molecule has 6 nitrogen and oxygen atoms in total. The lowest BCUT2D eigenvalue weighted by molar-refractivity contribution is -0.126. The average molecular weight is 336 g/mol. The van der Waals surface area contributed by atoms with Crippen LogP contribution in [0.1, 0.15) is 17.3 Å². The first-order chi connectivity index (χ1) is 10.9. The number of ether oxygens (including phenoxy) is 1. The number of likely N-dealkylation sites (N-methyl/N-ethyl adjacent to an activating group) is 1. The first-order valence-electron chi connectivity index (χ1n) is 7.13. The van der Waals surface area contributed by atoms with Crippen LogP contribution in [0.15, 0.2) is 24.4 Å². The van der Waals surface area contributed by atoms with E-state index in [0.29, 0.717) is 21.6 Å². The molecule has 0 radical (unpaired) electrons. The molecule has 0 saturated heterocycles. The number of carbonyl (C=O) groups is 2. The number of esters is 1. The predicted molar refractivity (Wildman–Crippen MR) is 89.9 cm³/mol. The fourth-order valence-corrected chi connectivity index (χ4v) is 2.21. The molecule has 1 amide bonds. The second-order valence-corrected chi connectivity index (χ2v) is 5.51. The quantitative estimate of drug-likeness (QED) is 0.850. The van der Waals surface area contributed by atoms with E-state index < -0.39 is 5.97 Å². The van der Waals surface area contributed by atoms with Crippen LogP contribution in [0.25, 0.3) is 10.9 Å². The summed E-state index contributed by atoms with van der Waals surface area (Å²) in [5.74, 6) is -0.617. The molecule has 0 saturated carbocycles. The lowest BCUT2D eigenvalue weighted by Crippen LogP contribution is -2.29. The number of benzene rings is 1. The summed E-state index contributed by atoms with van der Waals surface area (Å²) in [4.78, 5) is 29.7. The number of halogens is 1. The molecule has 1 N–H and O–H groups in total. The molecule has 1 aromatic heterocycles. The van der Waals surface area contributed by atoms with Crippen molar-refractivity contribution in [2.24, 2.45) is 0 Å². The number of aromatic nitrogens is 1. The summed E-state index contributed by atoms with van der Waals surface area (Å²) in [5.41, 5.74) is 1.43. The second kappa shape index (κ2) is 7.28. The molecule has 122 valence electrons. The zero-order valence-corrected chi connectivity index (χ0v) is 14.0. The van der Waals surface area contributed by atoms with Crippen molar-refractivity contribution < 1.29 is 14.3 Å². The van der Waals surface area contributed by atoms with Crippen LogP contribution in [0.2, 0.25) is 5.02 Å². The number of fused-ring (bicyclic) bond motifs is 1. The second-order valence-electron chi connectivity index (χ2n) is 5.07. The minimum atomic E-state index is -0.498. The Morgan fingerprint density at radius 3 is 2.74 bits per heavy atom. The van der Waals surface area contributed by atoms with Crippen molar-refractivity contribution in [2.45, 2.75) is 6.92 Å². The van der Waals surface area contributed by atoms with E-state index in [1.807, 2.05) is 0 Å². The molecular weight excluding hydrogens is 318 g/mol. The van der Waals surface area contributed by atoms with Gasteiger partial charge in [0, 0.05) is 30.7 Å². The molecule has 0 atom stereocenters. The molecule has 0 aliphatic rings. The Balaban J connectivity index is 2.50. The topological polar surface area (TPSA) is 71.5 Å². The van der Waals surface area contributed by atoms with Gasteiger partial charge in [-0.2, -0.15) is 0 Å². The highest BCUT2D eigenvalue weighted by molar-refractivity contribution is 6.31. The van der Waals surface area contributed by atoms with Gasteiger partial charge in [-0.05, 0) is 25.1 Å². The Morgan fingerprint density at radius 2 is 2.09 bits per heavy atom. The van der Waals surface area contributed by atoms with Gasteiger partial charge >= 0.3 is 5.97 Å². The average Bonchev–Trinajstić information content (AvgIpc) is 2.52. The number of hydrogen-bond donors (Lipinski definition) is 1. The minimum absolute atomic E-state index is 0.0467. The predicted octanol–water partition coefficient (Wildman–Crippen LogP) is 2.57. The number of nitrogens with one attached hydrogen (secondary N) is 1. The van der Waals surface area contributed by atoms with Crippen molar-refractivity contribution >= 4 is 40.1 Å². The monoisotopic (exact) mass is 335 g/mol. The van der Waals surface area contributed by atoms with Gasteiger partial charge in [-0.15, -0.1) is 0 Å². The molecule has 0 unspecified atom stereocenters. The molecule has 0 fully saturated rings. The van der Waals surface area contributed by atoms with Gasteiger partial charge in [-0.1, -0.05) is 11.6 Å². The summed E-state index contributed by atoms with van der Waals surface area (Å²) in [5, 5.41) is 4.19. The zero-order chi connectivity index (χ0) is 17.0. The maximum absolute atomic E-state index is 12.1. The van der Waals surface area contributed by atoms with Crippen molar-refractivity contribution in [2.75, 3.05) is 32.6 Å². The van der Waals surface area contributed by atoms with Gasteiger partial charge in [0.2, 0.25) is 5.91 Å². The molecule has 7 heteroatoms. The lowest BCUT2D eigenvalue weighted by Gasteiger charge is -2.16. The number of rotatable bonds is 5. The highest BCUT2D eigenvalue weighted by Crippen LogP contribution is 2.29. The third-order valence-corrected chi connectivity index (χ3v) is 3.48. The molecule has 2 rings (SSSR count). The fourth-order valence-electron chi connectivity index (χ4n) is 2.04. The smallest absolute Gasteiger partial charge is 0.341 e. The highest BCUT2D eigenvalue weighted by Gasteiger charge is 2.18. The summed E-state index contributed by atoms with van der Waals surface area (Å²) in [6.45, 7) is 2.03. The van der Waals surface area contributed by atoms with E-state index >= 15 is 0 Å². The van der Waals surface area contributed by atoms with E-state index in [0.717, 1.165) is 0 Å². The zero-order valence-electron chi connectivity index (χ0n) is 13.2. The van der Waals surface area contributed by atoms with E-state index in [1.54, 1.807) is 39.2 Å². The molecule has 0 bridgehead atoms. The standard InChI is InChI=1S/C16H18ClN3O3/c1-4-23-16(22)12-8-18-13-6-5-10(17)7-11(13)15(12)19-9-14(21)20(2)3/h5-8H,4,9H2,1-3H3,(H,18,19). The Kier molecular flexibility index (Phi) is 5.39. The Morgan fingerprint density at radius 1 is 1.35 bits per heavy atom. The highest BCUT2D eigenvalue weighted by atomic mass is 35.5. The van der Waals surface area contributed by atoms with Crippen LogP contribution in [0.4, 0.5) is 5.69 Å². The largest absolute Gasteiger partial charge is 0.462 e. The number of nitrogens with zero attached hydrogens (tertiary/aromatic N) is 2. The lowest BCUT2D eigenvalue weighted by atomic mass is 10.1. The van der Waals surface area contributed by atoms with Gasteiger partial charge in [-0.25, -0.2) is 4.79 Å². The van der Waals surface area contributed by atoms with E-state index in [-0.39, 0.29) is 24.6 Å². The molecule has 2 aromatic rings. The Labute approximate surface area is 139 Å². The number of hydrogen-bond acceptors (Lipinski definition) is 5. The van der Waals surface area contributed by atoms with Crippen LogP contribution < -0.4 is 5.32 Å². The maximum atomic E-state index is 12.1. The molecule has 23 heavy (non-hydrogen) atoms. The summed E-state index contributed by atoms with van der Waals surface area (Å²) in [6.07, 6.45) is 1.44. The third kappa shape index (κ3) is 3.90. The summed E-state index contributed by atoms with van der Waals surface area (Å²) in [7, 11) is 3.33. The maximum Gasteiger partial charge on any atom is 0.341 e. The summed E-state index contributed by atoms with van der Waals surface area (Å²) in [6, 6.07) is 5.18. The van der Waals surface area contributed by atoms with Crippen LogP contribution in [-0.2, 0) is 9.53 Å². The van der Waals surface area contributed by atoms with Gasteiger partial charge in [0.15, 0.2) is 0 Å². The first-order valence-corrected chi connectivity index (χ1v) is 7.51. The van der Waals surface area contributed by atoms with E-state index in [2.05, 4.69) is 10.3 Å². The van der Waals surface area contributed by atoms with Crippen molar-refractivity contribution in [1.82, 2.24) is 9.88 Å². The molecule has 1 heterocycles. The normalized spacial score (nSPS) is 10.4. The summed E-state index contributed by atoms with van der Waals surface area (Å²) < 4.78 is 5.05. The van der Waals surface area contributed by atoms with E-state index in [9.17, 15) is 9.59 Å². The van der Waals surface area contributed by atoms with Gasteiger partial charge in [-0.3, -0.25) is 9.78 Å². The van der Waals surface area contributed by atoms with Crippen molar-refractivity contribution in [3.63, 3.8) is 0 Å². The molecular formula is C16H18ClN3O3. The number of anilines is 1. The number of carbonyl (C=O) groups excluding carboxylic acids is 2. The van der Waals surface area contributed by atoms with Crippen molar-refractivity contribution in [1.29, 1.82) is 0 Å². The summed E-state index contributed by atoms with van der Waals surface area (Å²) >= 11 is 6.05. The number of amides is 1. The Bertz CT molecular complexity index is 747. The van der Waals surface area contributed by atoms with Gasteiger partial charge in [0.05, 0.1) is 24.4 Å². The molecule has 0 aliphatic carbocycles. The Hall–Kier alpha value is -2.34. The number of pyridine rings is 1. The van der Waals surface area contributed by atoms with Crippen LogP contribution in [0.3, 0.4) is 0 Å². The van der Waals surface area contributed by atoms with Gasteiger partial charge in [0.1, 0.15) is 5.56 Å². The SMILES string of the molecule is CCOC(=O)c1cnc2ccc(Cl)cc2c1NCC(=O)N(C)C. The van der Waals surface area contributed by atoms with Crippen molar-refractivity contribution in [3.05, 3.63) is 35.0 Å². The van der Waals surface area contributed by atoms with Crippen molar-refractivity contribution in [3.8, 4) is 0 Å². The van der Waals surface area contributed by atoms with E-state index in [1.165, 1.54) is 11.1 Å². The molecule has 1 aromatic carbocycles. The van der Waals surface area contributed by atoms with Gasteiger partial charge < -0.3 is 15.0 Å². The van der Waals surface area contributed by atoms with Crippen LogP contribution in [-0.4, -0.2) is 49.0 Å². The third-order valence-electron chi connectivity index (χ3n) is 3.24. The van der Waals surface area contributed by atoms with E-state index in [4.69, 9.17) is 16.3 Å². The fraction of sp³-hybridized carbons (Fsp3) is 0.312. The van der Waals surface area contributed by atoms with Crippen LogP contribution in [0, 0.1) is 0 Å². The first kappa shape index (κ1) is 17.0. The van der Waals surface area contributed by atoms with Crippen LogP contribution >= 0.6 is 11.6 Å². The minimum Gasteiger partial charge on any atom is -0.462 e. The molecule has 0 aliphatic heterocycles. The van der Waals surface area contributed by atoms with Gasteiger partial charge in [0.25, 0.3) is 0 Å². The molecule has 0 spiro atoms. The van der Waals surface area contributed by atoms with Crippen LogP contribution in [0.5, 0.6) is 0 Å².